The van der Waals surface area contributed by atoms with E-state index in [4.69, 9.17) is 0 Å². The molecule has 6 nitrogen and oxygen atoms in total. The summed E-state index contributed by atoms with van der Waals surface area (Å²) in [5.41, 5.74) is 0.369. The monoisotopic (exact) mass is 249 g/mol. The van der Waals surface area contributed by atoms with Crippen LogP contribution in [0.3, 0.4) is 0 Å². The molecule has 0 aromatic carbocycles. The van der Waals surface area contributed by atoms with Crippen molar-refractivity contribution in [3.05, 3.63) is 28.2 Å². The van der Waals surface area contributed by atoms with Crippen LogP contribution < -0.4 is 5.56 Å². The molecular weight excluding hydrogens is 234 g/mol. The molecule has 1 aliphatic rings. The molecule has 1 aromatic heterocycles. The van der Waals surface area contributed by atoms with Crippen molar-refractivity contribution in [1.29, 1.82) is 0 Å². The minimum absolute atomic E-state index is 0.0475. The van der Waals surface area contributed by atoms with E-state index >= 15 is 0 Å². The van der Waals surface area contributed by atoms with Gasteiger partial charge in [-0.2, -0.15) is 5.10 Å². The van der Waals surface area contributed by atoms with Crippen LogP contribution >= 0.6 is 0 Å². The Kier molecular flexibility index (Phi) is 3.55. The van der Waals surface area contributed by atoms with Crippen LogP contribution in [0.4, 0.5) is 0 Å². The van der Waals surface area contributed by atoms with Crippen molar-refractivity contribution in [2.75, 3.05) is 13.1 Å². The zero-order chi connectivity index (χ0) is 13.1. The highest BCUT2D eigenvalue weighted by molar-refractivity contribution is 5.84. The fourth-order valence-electron chi connectivity index (χ4n) is 1.92. The van der Waals surface area contributed by atoms with Gasteiger partial charge in [0.25, 0.3) is 5.56 Å². The van der Waals surface area contributed by atoms with Gasteiger partial charge in [0, 0.05) is 39.0 Å². The first-order valence-electron chi connectivity index (χ1n) is 5.89. The number of rotatable bonds is 2. The molecule has 1 aromatic rings. The first-order valence-corrected chi connectivity index (χ1v) is 5.89. The number of carbonyl (C=O) groups excluding carboxylic acids is 2. The summed E-state index contributed by atoms with van der Waals surface area (Å²) in [6.45, 7) is 0.979. The number of piperidine rings is 1. The predicted molar refractivity (Wildman–Crippen MR) is 64.0 cm³/mol. The summed E-state index contributed by atoms with van der Waals surface area (Å²) >= 11 is 0. The zero-order valence-electron chi connectivity index (χ0n) is 10.3. The standard InChI is InChI=1S/C12H15N3O3/c1-14-11(17)3-2-9(13-14)8-12(18)15-6-4-10(16)5-7-15/h2-3H,4-8H2,1H3. The van der Waals surface area contributed by atoms with Gasteiger partial charge in [-0.25, -0.2) is 4.68 Å². The lowest BCUT2D eigenvalue weighted by atomic mass is 10.1. The summed E-state index contributed by atoms with van der Waals surface area (Å²) in [6.07, 6.45) is 1.04. The Morgan fingerprint density at radius 2 is 1.94 bits per heavy atom. The van der Waals surface area contributed by atoms with Gasteiger partial charge in [-0.3, -0.25) is 14.4 Å². The normalized spacial score (nSPS) is 15.8. The van der Waals surface area contributed by atoms with Crippen LogP contribution in [0.25, 0.3) is 0 Å². The average Bonchev–Trinajstić information content (AvgIpc) is 2.34. The number of aromatic nitrogens is 2. The van der Waals surface area contributed by atoms with Crippen LogP contribution in [0.15, 0.2) is 16.9 Å². The fraction of sp³-hybridized carbons (Fsp3) is 0.500. The molecule has 6 heteroatoms. The maximum atomic E-state index is 12.0. The second kappa shape index (κ2) is 5.12. The Bertz CT molecular complexity index is 526. The highest BCUT2D eigenvalue weighted by atomic mass is 16.2. The van der Waals surface area contributed by atoms with Gasteiger partial charge < -0.3 is 4.90 Å². The van der Waals surface area contributed by atoms with E-state index in [0.29, 0.717) is 31.6 Å². The van der Waals surface area contributed by atoms with Gasteiger partial charge in [0.2, 0.25) is 5.91 Å². The Labute approximate surface area is 104 Å². The SMILES string of the molecule is Cn1nc(CC(=O)N2CCC(=O)CC2)ccc1=O. The highest BCUT2D eigenvalue weighted by Crippen LogP contribution is 2.07. The van der Waals surface area contributed by atoms with Crippen molar-refractivity contribution in [3.63, 3.8) is 0 Å². The van der Waals surface area contributed by atoms with Gasteiger partial charge in [0.05, 0.1) is 12.1 Å². The van der Waals surface area contributed by atoms with Gasteiger partial charge in [-0.1, -0.05) is 0 Å². The molecule has 1 amide bonds. The first kappa shape index (κ1) is 12.5. The third-order valence-corrected chi connectivity index (χ3v) is 3.02. The molecule has 18 heavy (non-hydrogen) atoms. The van der Waals surface area contributed by atoms with Crippen molar-refractivity contribution in [3.8, 4) is 0 Å². The lowest BCUT2D eigenvalue weighted by Crippen LogP contribution is -2.39. The molecule has 0 saturated carbocycles. The van der Waals surface area contributed by atoms with E-state index in [0.717, 1.165) is 0 Å². The molecule has 1 fully saturated rings. The number of aryl methyl sites for hydroxylation is 1. The second-order valence-electron chi connectivity index (χ2n) is 4.38. The maximum Gasteiger partial charge on any atom is 0.266 e. The summed E-state index contributed by atoms with van der Waals surface area (Å²) in [5, 5.41) is 4.01. The van der Waals surface area contributed by atoms with Crippen molar-refractivity contribution in [2.24, 2.45) is 7.05 Å². The van der Waals surface area contributed by atoms with E-state index in [9.17, 15) is 14.4 Å². The Hall–Kier alpha value is -1.98. The number of amides is 1. The number of Topliss-reactive ketones (excluding diaryl/α,β-unsaturated/α-hetero) is 1. The molecule has 0 N–H and O–H groups in total. The second-order valence-corrected chi connectivity index (χ2v) is 4.38. The number of likely N-dealkylation sites (tertiary alicyclic amines) is 1. The summed E-state index contributed by atoms with van der Waals surface area (Å²) in [4.78, 5) is 35.9. The third kappa shape index (κ3) is 2.82. The topological polar surface area (TPSA) is 72.3 Å². The van der Waals surface area contributed by atoms with Crippen molar-refractivity contribution in [1.82, 2.24) is 14.7 Å². The van der Waals surface area contributed by atoms with E-state index in [2.05, 4.69) is 5.10 Å². The molecule has 96 valence electrons. The third-order valence-electron chi connectivity index (χ3n) is 3.02. The van der Waals surface area contributed by atoms with Crippen LogP contribution in [-0.2, 0) is 23.1 Å². The molecule has 0 unspecified atom stereocenters. The summed E-state index contributed by atoms with van der Waals surface area (Å²) in [6, 6.07) is 2.96. The van der Waals surface area contributed by atoms with Gasteiger partial charge >= 0.3 is 0 Å². The van der Waals surface area contributed by atoms with Crippen LogP contribution in [0.5, 0.6) is 0 Å². The van der Waals surface area contributed by atoms with Crippen LogP contribution in [0.2, 0.25) is 0 Å². The van der Waals surface area contributed by atoms with Crippen molar-refractivity contribution >= 4 is 11.7 Å². The van der Waals surface area contributed by atoms with Crippen LogP contribution in [0.1, 0.15) is 18.5 Å². The molecule has 1 saturated heterocycles. The summed E-state index contributed by atoms with van der Waals surface area (Å²) in [5.74, 6) is 0.160. The van der Waals surface area contributed by atoms with E-state index in [-0.39, 0.29) is 23.7 Å². The smallest absolute Gasteiger partial charge is 0.266 e. The first-order chi connectivity index (χ1) is 8.56. The fourth-order valence-corrected chi connectivity index (χ4v) is 1.92. The molecule has 1 aliphatic heterocycles. The molecule has 2 heterocycles. The number of nitrogens with zero attached hydrogens (tertiary/aromatic N) is 3. The lowest BCUT2D eigenvalue weighted by molar-refractivity contribution is -0.133. The largest absolute Gasteiger partial charge is 0.341 e. The van der Waals surface area contributed by atoms with E-state index in [1.165, 1.54) is 10.7 Å². The predicted octanol–water partition coefficient (Wildman–Crippen LogP) is -0.486. The molecule has 0 radical (unpaired) electrons. The Balaban J connectivity index is 2.00. The Morgan fingerprint density at radius 3 is 2.56 bits per heavy atom. The summed E-state index contributed by atoms with van der Waals surface area (Å²) < 4.78 is 1.21. The molecule has 0 aliphatic carbocycles. The summed E-state index contributed by atoms with van der Waals surface area (Å²) in [7, 11) is 1.55. The van der Waals surface area contributed by atoms with Gasteiger partial charge in [0.15, 0.2) is 0 Å². The molecular formula is C12H15N3O3. The quantitative estimate of drug-likeness (QED) is 0.709. The van der Waals surface area contributed by atoms with Gasteiger partial charge in [0.1, 0.15) is 5.78 Å². The number of carbonyl (C=O) groups is 2. The van der Waals surface area contributed by atoms with Crippen molar-refractivity contribution in [2.45, 2.75) is 19.3 Å². The van der Waals surface area contributed by atoms with Gasteiger partial charge in [-0.05, 0) is 6.07 Å². The van der Waals surface area contributed by atoms with Crippen LogP contribution in [0, 0.1) is 0 Å². The minimum atomic E-state index is -0.199. The molecule has 0 spiro atoms. The number of ketones is 1. The molecule has 2 rings (SSSR count). The highest BCUT2D eigenvalue weighted by Gasteiger charge is 2.21. The maximum absolute atomic E-state index is 12.0. The van der Waals surface area contributed by atoms with Crippen LogP contribution in [-0.4, -0.2) is 39.5 Å². The number of hydrogen-bond acceptors (Lipinski definition) is 4. The van der Waals surface area contributed by atoms with E-state index < -0.39 is 0 Å². The lowest BCUT2D eigenvalue weighted by Gasteiger charge is -2.25. The van der Waals surface area contributed by atoms with Crippen molar-refractivity contribution < 1.29 is 9.59 Å². The van der Waals surface area contributed by atoms with E-state index in [1.54, 1.807) is 18.0 Å². The molecule has 0 atom stereocenters. The minimum Gasteiger partial charge on any atom is -0.341 e. The Morgan fingerprint density at radius 1 is 1.28 bits per heavy atom. The molecule has 0 bridgehead atoms. The van der Waals surface area contributed by atoms with Gasteiger partial charge in [-0.15, -0.1) is 0 Å². The average molecular weight is 249 g/mol. The van der Waals surface area contributed by atoms with E-state index in [1.807, 2.05) is 0 Å². The number of hydrogen-bond donors (Lipinski definition) is 0. The zero-order valence-corrected chi connectivity index (χ0v) is 10.3.